The van der Waals surface area contributed by atoms with Crippen molar-refractivity contribution in [1.29, 1.82) is 0 Å². The number of nitrogen functional groups attached to an aromatic ring is 1. The minimum absolute atomic E-state index is 0.175. The first kappa shape index (κ1) is 10.6. The van der Waals surface area contributed by atoms with Crippen molar-refractivity contribution in [1.82, 2.24) is 10.3 Å². The number of anilines is 1. The molecule has 2 aromatic heterocycles. The predicted octanol–water partition coefficient (Wildman–Crippen LogP) is 1.66. The van der Waals surface area contributed by atoms with E-state index in [1.165, 1.54) is 6.20 Å². The summed E-state index contributed by atoms with van der Waals surface area (Å²) < 4.78 is 0. The van der Waals surface area contributed by atoms with Gasteiger partial charge in [0.25, 0.3) is 5.91 Å². The van der Waals surface area contributed by atoms with E-state index >= 15 is 0 Å². The summed E-state index contributed by atoms with van der Waals surface area (Å²) in [6, 6.07) is 3.58. The summed E-state index contributed by atoms with van der Waals surface area (Å²) in [5.41, 5.74) is 7.60. The van der Waals surface area contributed by atoms with Gasteiger partial charge in [-0.05, 0) is 28.5 Å². The number of nitrogens with zero attached hydrogens (tertiary/aromatic N) is 1. The van der Waals surface area contributed by atoms with Crippen LogP contribution in [0.15, 0.2) is 35.3 Å². The van der Waals surface area contributed by atoms with Crippen molar-refractivity contribution >= 4 is 22.9 Å². The van der Waals surface area contributed by atoms with Gasteiger partial charge < -0.3 is 11.1 Å². The Balaban J connectivity index is 2.01. The van der Waals surface area contributed by atoms with Gasteiger partial charge in [-0.15, -0.1) is 0 Å². The van der Waals surface area contributed by atoms with E-state index in [0.717, 1.165) is 5.56 Å². The van der Waals surface area contributed by atoms with E-state index < -0.39 is 0 Å². The van der Waals surface area contributed by atoms with E-state index in [-0.39, 0.29) is 5.91 Å². The highest BCUT2D eigenvalue weighted by atomic mass is 32.1. The Morgan fingerprint density at radius 3 is 3.06 bits per heavy atom. The van der Waals surface area contributed by atoms with Crippen LogP contribution in [0.5, 0.6) is 0 Å². The Hall–Kier alpha value is -1.88. The van der Waals surface area contributed by atoms with Gasteiger partial charge in [0.05, 0.1) is 17.4 Å². The van der Waals surface area contributed by atoms with Crippen LogP contribution in [0.3, 0.4) is 0 Å². The Labute approximate surface area is 97.1 Å². The lowest BCUT2D eigenvalue weighted by atomic mass is 10.2. The maximum Gasteiger partial charge on any atom is 0.253 e. The van der Waals surface area contributed by atoms with Crippen molar-refractivity contribution in [2.75, 3.05) is 5.73 Å². The molecule has 0 aliphatic heterocycles. The highest BCUT2D eigenvalue weighted by Crippen LogP contribution is 2.09. The number of nitrogens with one attached hydrogen (secondary N) is 1. The number of hydrogen-bond donors (Lipinski definition) is 2. The molecule has 0 saturated carbocycles. The largest absolute Gasteiger partial charge is 0.397 e. The van der Waals surface area contributed by atoms with Crippen LogP contribution in [-0.4, -0.2) is 10.9 Å². The van der Waals surface area contributed by atoms with Crippen LogP contribution in [0.1, 0.15) is 15.9 Å². The molecule has 0 spiro atoms. The molecule has 3 N–H and O–H groups in total. The summed E-state index contributed by atoms with van der Waals surface area (Å²) in [6.07, 6.45) is 3.02. The van der Waals surface area contributed by atoms with Gasteiger partial charge in [0.2, 0.25) is 0 Å². The number of carbonyl (C=O) groups excluding carboxylic acids is 1. The number of nitrogens with two attached hydrogens (primary N) is 1. The van der Waals surface area contributed by atoms with Crippen molar-refractivity contribution < 1.29 is 4.79 Å². The zero-order valence-electron chi connectivity index (χ0n) is 8.51. The zero-order valence-corrected chi connectivity index (χ0v) is 9.33. The quantitative estimate of drug-likeness (QED) is 0.847. The van der Waals surface area contributed by atoms with Crippen molar-refractivity contribution in [2.24, 2.45) is 0 Å². The predicted molar refractivity (Wildman–Crippen MR) is 64.1 cm³/mol. The molecule has 0 fully saturated rings. The molecule has 2 aromatic rings. The molecule has 0 aromatic carbocycles. The van der Waals surface area contributed by atoms with Crippen molar-refractivity contribution in [3.8, 4) is 0 Å². The Kier molecular flexibility index (Phi) is 3.16. The van der Waals surface area contributed by atoms with Crippen LogP contribution in [0, 0.1) is 0 Å². The maximum absolute atomic E-state index is 11.7. The summed E-state index contributed by atoms with van der Waals surface area (Å²) in [5, 5.41) is 6.77. The number of aromatic nitrogens is 1. The molecule has 16 heavy (non-hydrogen) atoms. The second-order valence-electron chi connectivity index (χ2n) is 3.28. The summed E-state index contributed by atoms with van der Waals surface area (Å²) in [5.74, 6) is -0.175. The van der Waals surface area contributed by atoms with Crippen LogP contribution < -0.4 is 11.1 Å². The van der Waals surface area contributed by atoms with E-state index in [9.17, 15) is 4.79 Å². The first-order chi connectivity index (χ1) is 7.77. The number of pyridine rings is 1. The Bertz CT molecular complexity index is 482. The number of thiophene rings is 1. The van der Waals surface area contributed by atoms with Gasteiger partial charge in [-0.25, -0.2) is 0 Å². The average Bonchev–Trinajstić information content (AvgIpc) is 2.79. The molecule has 0 aliphatic rings. The molecule has 1 amide bonds. The third-order valence-electron chi connectivity index (χ3n) is 2.13. The van der Waals surface area contributed by atoms with Gasteiger partial charge in [0.1, 0.15) is 0 Å². The molecule has 0 atom stereocenters. The summed E-state index contributed by atoms with van der Waals surface area (Å²) >= 11 is 1.60. The zero-order chi connectivity index (χ0) is 11.4. The second kappa shape index (κ2) is 4.76. The first-order valence-electron chi connectivity index (χ1n) is 4.76. The van der Waals surface area contributed by atoms with Gasteiger partial charge in [0.15, 0.2) is 0 Å². The highest BCUT2D eigenvalue weighted by molar-refractivity contribution is 7.07. The minimum atomic E-state index is -0.175. The van der Waals surface area contributed by atoms with E-state index in [1.807, 2.05) is 16.8 Å². The number of carbonyl (C=O) groups is 1. The average molecular weight is 233 g/mol. The van der Waals surface area contributed by atoms with E-state index in [2.05, 4.69) is 10.3 Å². The van der Waals surface area contributed by atoms with Gasteiger partial charge in [0, 0.05) is 12.7 Å². The molecule has 2 rings (SSSR count). The van der Waals surface area contributed by atoms with E-state index in [0.29, 0.717) is 17.8 Å². The molecule has 0 unspecified atom stereocenters. The molecule has 5 heteroatoms. The number of rotatable bonds is 3. The summed E-state index contributed by atoms with van der Waals surface area (Å²) in [6.45, 7) is 0.518. The van der Waals surface area contributed by atoms with Gasteiger partial charge in [-0.3, -0.25) is 9.78 Å². The summed E-state index contributed by atoms with van der Waals surface area (Å²) in [4.78, 5) is 15.6. The summed E-state index contributed by atoms with van der Waals surface area (Å²) in [7, 11) is 0. The minimum Gasteiger partial charge on any atom is -0.397 e. The molecule has 4 nitrogen and oxygen atoms in total. The van der Waals surface area contributed by atoms with Crippen molar-refractivity contribution in [2.45, 2.75) is 6.54 Å². The van der Waals surface area contributed by atoms with Crippen LogP contribution >= 0.6 is 11.3 Å². The maximum atomic E-state index is 11.7. The van der Waals surface area contributed by atoms with Gasteiger partial charge >= 0.3 is 0 Å². The SMILES string of the molecule is Nc1cnccc1C(=O)NCc1ccsc1. The fourth-order valence-corrected chi connectivity index (χ4v) is 1.95. The van der Waals surface area contributed by atoms with Gasteiger partial charge in [-0.2, -0.15) is 11.3 Å². The standard InChI is InChI=1S/C11H11N3OS/c12-10-6-13-3-1-9(10)11(15)14-5-8-2-4-16-7-8/h1-4,6-7H,5,12H2,(H,14,15). The van der Waals surface area contributed by atoms with Crippen LogP contribution in [0.4, 0.5) is 5.69 Å². The number of amides is 1. The van der Waals surface area contributed by atoms with E-state index in [1.54, 1.807) is 23.6 Å². The molecule has 82 valence electrons. The van der Waals surface area contributed by atoms with Crippen LogP contribution in [-0.2, 0) is 6.54 Å². The van der Waals surface area contributed by atoms with Crippen LogP contribution in [0.25, 0.3) is 0 Å². The molecule has 0 radical (unpaired) electrons. The molecule has 0 bridgehead atoms. The normalized spacial score (nSPS) is 10.0. The lowest BCUT2D eigenvalue weighted by Gasteiger charge is -2.05. The Morgan fingerprint density at radius 1 is 1.50 bits per heavy atom. The highest BCUT2D eigenvalue weighted by Gasteiger charge is 2.08. The third kappa shape index (κ3) is 2.38. The second-order valence-corrected chi connectivity index (χ2v) is 4.06. The molecular formula is C11H11N3OS. The lowest BCUT2D eigenvalue weighted by Crippen LogP contribution is -2.23. The number of hydrogen-bond acceptors (Lipinski definition) is 4. The third-order valence-corrected chi connectivity index (χ3v) is 2.86. The fourth-order valence-electron chi connectivity index (χ4n) is 1.28. The smallest absolute Gasteiger partial charge is 0.253 e. The fraction of sp³-hybridized carbons (Fsp3) is 0.0909. The van der Waals surface area contributed by atoms with Gasteiger partial charge in [-0.1, -0.05) is 0 Å². The molecular weight excluding hydrogens is 222 g/mol. The Morgan fingerprint density at radius 2 is 2.38 bits per heavy atom. The monoisotopic (exact) mass is 233 g/mol. The lowest BCUT2D eigenvalue weighted by molar-refractivity contribution is 0.0952. The van der Waals surface area contributed by atoms with Crippen LogP contribution in [0.2, 0.25) is 0 Å². The molecule has 2 heterocycles. The molecule has 0 aliphatic carbocycles. The first-order valence-corrected chi connectivity index (χ1v) is 5.70. The van der Waals surface area contributed by atoms with Crippen molar-refractivity contribution in [3.63, 3.8) is 0 Å². The van der Waals surface area contributed by atoms with Crippen molar-refractivity contribution in [3.05, 3.63) is 46.4 Å². The molecule has 0 saturated heterocycles. The van der Waals surface area contributed by atoms with E-state index in [4.69, 9.17) is 5.73 Å². The topological polar surface area (TPSA) is 68.0 Å².